The van der Waals surface area contributed by atoms with E-state index in [4.69, 9.17) is 0 Å². The summed E-state index contributed by atoms with van der Waals surface area (Å²) >= 11 is 0. The van der Waals surface area contributed by atoms with Crippen LogP contribution < -0.4 is 0 Å². The van der Waals surface area contributed by atoms with Crippen molar-refractivity contribution in [3.63, 3.8) is 0 Å². The molecule has 1 saturated heterocycles. The fourth-order valence-electron chi connectivity index (χ4n) is 2.77. The van der Waals surface area contributed by atoms with Gasteiger partial charge in [-0.1, -0.05) is 42.5 Å². The maximum Gasteiger partial charge on any atom is 0.137 e. The minimum atomic E-state index is 0.581. The van der Waals surface area contributed by atoms with Gasteiger partial charge in [0.1, 0.15) is 12.7 Å². The molecular weight excluding hydrogens is 248 g/mol. The van der Waals surface area contributed by atoms with Gasteiger partial charge in [0, 0.05) is 12.6 Å². The Morgan fingerprint density at radius 3 is 2.95 bits per heavy atom. The molecule has 1 aliphatic heterocycles. The number of nitrogens with zero attached hydrogens (tertiary/aromatic N) is 4. The number of hydrogen-bond acceptors (Lipinski definition) is 3. The molecule has 4 heteroatoms. The van der Waals surface area contributed by atoms with Gasteiger partial charge in [-0.25, -0.2) is 4.98 Å². The molecular formula is C16H20N4. The van der Waals surface area contributed by atoms with Crippen LogP contribution in [0.25, 0.3) is 6.08 Å². The van der Waals surface area contributed by atoms with Crippen LogP contribution in [0, 0.1) is 0 Å². The Hall–Kier alpha value is -1.94. The summed E-state index contributed by atoms with van der Waals surface area (Å²) in [4.78, 5) is 6.54. The second kappa shape index (κ2) is 6.48. The quantitative estimate of drug-likeness (QED) is 0.835. The molecule has 1 aromatic heterocycles. The lowest BCUT2D eigenvalue weighted by Gasteiger charge is -2.22. The Labute approximate surface area is 119 Å². The number of benzene rings is 1. The average molecular weight is 268 g/mol. The molecule has 104 valence electrons. The van der Waals surface area contributed by atoms with E-state index in [2.05, 4.69) is 51.4 Å². The van der Waals surface area contributed by atoms with E-state index in [9.17, 15) is 0 Å². The van der Waals surface area contributed by atoms with Crippen LogP contribution in [-0.2, 0) is 6.54 Å². The molecule has 0 bridgehead atoms. The second-order valence-corrected chi connectivity index (χ2v) is 5.22. The highest BCUT2D eigenvalue weighted by Crippen LogP contribution is 2.18. The monoisotopic (exact) mass is 268 g/mol. The highest BCUT2D eigenvalue weighted by Gasteiger charge is 2.23. The van der Waals surface area contributed by atoms with Crippen molar-refractivity contribution in [2.75, 3.05) is 13.1 Å². The number of aromatic nitrogens is 3. The van der Waals surface area contributed by atoms with Crippen molar-refractivity contribution in [2.45, 2.75) is 25.4 Å². The molecule has 3 rings (SSSR count). The largest absolute Gasteiger partial charge is 0.295 e. The fourth-order valence-corrected chi connectivity index (χ4v) is 2.77. The number of likely N-dealkylation sites (tertiary alicyclic amines) is 1. The zero-order valence-electron chi connectivity index (χ0n) is 11.6. The van der Waals surface area contributed by atoms with Gasteiger partial charge in [0.15, 0.2) is 0 Å². The molecule has 0 saturated carbocycles. The summed E-state index contributed by atoms with van der Waals surface area (Å²) < 4.78 is 1.93. The van der Waals surface area contributed by atoms with Gasteiger partial charge in [0.2, 0.25) is 0 Å². The molecule has 1 aromatic carbocycles. The van der Waals surface area contributed by atoms with Crippen LogP contribution in [-0.4, -0.2) is 38.8 Å². The van der Waals surface area contributed by atoms with Gasteiger partial charge < -0.3 is 0 Å². The van der Waals surface area contributed by atoms with Crippen LogP contribution in [0.15, 0.2) is 49.1 Å². The van der Waals surface area contributed by atoms with E-state index < -0.39 is 0 Å². The van der Waals surface area contributed by atoms with Gasteiger partial charge in [-0.3, -0.25) is 9.58 Å². The van der Waals surface area contributed by atoms with Crippen LogP contribution in [0.3, 0.4) is 0 Å². The van der Waals surface area contributed by atoms with Crippen molar-refractivity contribution < 1.29 is 0 Å². The molecule has 0 N–H and O–H groups in total. The van der Waals surface area contributed by atoms with Gasteiger partial charge in [-0.15, -0.1) is 0 Å². The lowest BCUT2D eigenvalue weighted by Crippen LogP contribution is -2.33. The third kappa shape index (κ3) is 3.33. The molecule has 1 fully saturated rings. The first-order valence-corrected chi connectivity index (χ1v) is 7.20. The van der Waals surface area contributed by atoms with E-state index in [0.29, 0.717) is 6.04 Å². The summed E-state index contributed by atoms with van der Waals surface area (Å²) in [6, 6.07) is 11.0. The van der Waals surface area contributed by atoms with Crippen LogP contribution in [0.5, 0.6) is 0 Å². The molecule has 0 spiro atoms. The zero-order valence-corrected chi connectivity index (χ0v) is 11.6. The molecule has 0 radical (unpaired) electrons. The van der Waals surface area contributed by atoms with Gasteiger partial charge in [0.05, 0.1) is 6.54 Å². The lowest BCUT2D eigenvalue weighted by atomic mass is 10.2. The normalized spacial score (nSPS) is 19.9. The van der Waals surface area contributed by atoms with Gasteiger partial charge in [-0.05, 0) is 24.9 Å². The summed E-state index contributed by atoms with van der Waals surface area (Å²) in [5.41, 5.74) is 1.26. The summed E-state index contributed by atoms with van der Waals surface area (Å²) in [5.74, 6) is 0. The first-order chi connectivity index (χ1) is 9.92. The first-order valence-electron chi connectivity index (χ1n) is 7.20. The van der Waals surface area contributed by atoms with Crippen molar-refractivity contribution in [3.8, 4) is 0 Å². The maximum atomic E-state index is 4.20. The fraction of sp³-hybridized carbons (Fsp3) is 0.375. The molecule has 1 aliphatic rings. The van der Waals surface area contributed by atoms with Crippen LogP contribution in [0.4, 0.5) is 0 Å². The molecule has 4 nitrogen and oxygen atoms in total. The predicted molar refractivity (Wildman–Crippen MR) is 80.1 cm³/mol. The molecule has 1 atom stereocenters. The van der Waals surface area contributed by atoms with E-state index in [0.717, 1.165) is 13.1 Å². The van der Waals surface area contributed by atoms with Gasteiger partial charge >= 0.3 is 0 Å². The first kappa shape index (κ1) is 13.1. The molecule has 2 aromatic rings. The predicted octanol–water partition coefficient (Wildman–Crippen LogP) is 2.46. The minimum Gasteiger partial charge on any atom is -0.295 e. The Bertz CT molecular complexity index is 533. The highest BCUT2D eigenvalue weighted by atomic mass is 15.3. The van der Waals surface area contributed by atoms with Crippen LogP contribution in [0.2, 0.25) is 0 Å². The SMILES string of the molecule is C(=Cc1ccccc1)CN1CCCC1Cn1cncn1. The summed E-state index contributed by atoms with van der Waals surface area (Å²) in [6.45, 7) is 3.13. The van der Waals surface area contributed by atoms with Crippen LogP contribution in [0.1, 0.15) is 18.4 Å². The molecule has 1 unspecified atom stereocenters. The van der Waals surface area contributed by atoms with E-state index in [-0.39, 0.29) is 0 Å². The Morgan fingerprint density at radius 2 is 2.15 bits per heavy atom. The Balaban J connectivity index is 1.55. The van der Waals surface area contributed by atoms with Crippen molar-refractivity contribution in [1.29, 1.82) is 0 Å². The minimum absolute atomic E-state index is 0.581. The Morgan fingerprint density at radius 1 is 1.25 bits per heavy atom. The highest BCUT2D eigenvalue weighted by molar-refractivity contribution is 5.48. The van der Waals surface area contributed by atoms with Crippen LogP contribution >= 0.6 is 0 Å². The molecule has 0 aliphatic carbocycles. The molecule has 0 amide bonds. The topological polar surface area (TPSA) is 34.0 Å². The van der Waals surface area contributed by atoms with E-state index >= 15 is 0 Å². The van der Waals surface area contributed by atoms with E-state index in [1.165, 1.54) is 24.9 Å². The molecule has 2 heterocycles. The van der Waals surface area contributed by atoms with Crippen molar-refractivity contribution in [3.05, 3.63) is 54.6 Å². The van der Waals surface area contributed by atoms with Crippen molar-refractivity contribution in [1.82, 2.24) is 19.7 Å². The number of hydrogen-bond donors (Lipinski definition) is 0. The van der Waals surface area contributed by atoms with Gasteiger partial charge in [-0.2, -0.15) is 5.10 Å². The Kier molecular flexibility index (Phi) is 4.23. The summed E-state index contributed by atoms with van der Waals surface area (Å²) in [5, 5.41) is 4.20. The zero-order chi connectivity index (χ0) is 13.6. The average Bonchev–Trinajstić information content (AvgIpc) is 3.13. The van der Waals surface area contributed by atoms with Gasteiger partial charge in [0.25, 0.3) is 0 Å². The number of rotatable bonds is 5. The standard InChI is InChI=1S/C16H20N4/c1-2-6-15(7-3-1)8-4-10-19-11-5-9-16(19)12-20-14-17-13-18-20/h1-4,6-8,13-14,16H,5,9-12H2. The summed E-state index contributed by atoms with van der Waals surface area (Å²) in [7, 11) is 0. The molecule has 20 heavy (non-hydrogen) atoms. The lowest BCUT2D eigenvalue weighted by molar-refractivity contribution is 0.249. The van der Waals surface area contributed by atoms with E-state index in [1.54, 1.807) is 12.7 Å². The van der Waals surface area contributed by atoms with Crippen molar-refractivity contribution in [2.24, 2.45) is 0 Å². The van der Waals surface area contributed by atoms with Crippen molar-refractivity contribution >= 4 is 6.08 Å². The third-order valence-corrected chi connectivity index (χ3v) is 3.81. The third-order valence-electron chi connectivity index (χ3n) is 3.81. The van der Waals surface area contributed by atoms with E-state index in [1.807, 2.05) is 10.7 Å². The summed E-state index contributed by atoms with van der Waals surface area (Å²) in [6.07, 6.45) is 10.4. The second-order valence-electron chi connectivity index (χ2n) is 5.22. The maximum absolute atomic E-state index is 4.20. The smallest absolute Gasteiger partial charge is 0.137 e.